The second-order valence-corrected chi connectivity index (χ2v) is 6.92. The number of pyridine rings is 1. The summed E-state index contributed by atoms with van der Waals surface area (Å²) in [6, 6.07) is 4.82. The molecule has 3 nitrogen and oxygen atoms in total. The van der Waals surface area contributed by atoms with Crippen LogP contribution in [0.4, 0.5) is 5.82 Å². The number of piperidine rings is 1. The van der Waals surface area contributed by atoms with Crippen molar-refractivity contribution in [2.45, 2.75) is 58.4 Å². The quantitative estimate of drug-likeness (QED) is 0.910. The van der Waals surface area contributed by atoms with Gasteiger partial charge in [0.15, 0.2) is 0 Å². The predicted octanol–water partition coefficient (Wildman–Crippen LogP) is 3.91. The maximum Gasteiger partial charge on any atom is 0.128 e. The standard InChI is InChI=1S/C18H29N3/c1-3-19-15(2)16-6-7-17(20-14-16)21-12-10-18(11-13-21)8-4-5-9-18/h6-7,14-15,19H,3-5,8-13H2,1-2H3. The van der Waals surface area contributed by atoms with Crippen molar-refractivity contribution >= 4 is 5.82 Å². The van der Waals surface area contributed by atoms with Gasteiger partial charge in [0.25, 0.3) is 0 Å². The molecule has 1 aliphatic carbocycles. The van der Waals surface area contributed by atoms with Crippen LogP contribution in [-0.4, -0.2) is 24.6 Å². The Hall–Kier alpha value is -1.09. The molecule has 2 fully saturated rings. The topological polar surface area (TPSA) is 28.2 Å². The van der Waals surface area contributed by atoms with E-state index in [0.717, 1.165) is 12.4 Å². The highest BCUT2D eigenvalue weighted by molar-refractivity contribution is 5.40. The summed E-state index contributed by atoms with van der Waals surface area (Å²) in [5.41, 5.74) is 1.97. The van der Waals surface area contributed by atoms with Crippen LogP contribution in [0.25, 0.3) is 0 Å². The molecule has 0 amide bonds. The largest absolute Gasteiger partial charge is 0.357 e. The van der Waals surface area contributed by atoms with E-state index in [4.69, 9.17) is 4.98 Å². The summed E-state index contributed by atoms with van der Waals surface area (Å²) < 4.78 is 0. The Bertz CT molecular complexity index is 438. The molecule has 1 unspecified atom stereocenters. The molecule has 1 N–H and O–H groups in total. The first-order valence-electron chi connectivity index (χ1n) is 8.67. The third kappa shape index (κ3) is 3.23. The van der Waals surface area contributed by atoms with Crippen LogP contribution in [0, 0.1) is 5.41 Å². The highest BCUT2D eigenvalue weighted by atomic mass is 15.2. The summed E-state index contributed by atoms with van der Waals surface area (Å²) in [6.45, 7) is 7.72. The molecule has 1 atom stereocenters. The van der Waals surface area contributed by atoms with Crippen molar-refractivity contribution in [2.24, 2.45) is 5.41 Å². The molecule has 1 saturated heterocycles. The van der Waals surface area contributed by atoms with Gasteiger partial charge in [0, 0.05) is 25.3 Å². The van der Waals surface area contributed by atoms with Crippen LogP contribution in [0.5, 0.6) is 0 Å². The highest BCUT2D eigenvalue weighted by Gasteiger charge is 2.37. The van der Waals surface area contributed by atoms with Crippen LogP contribution in [0.15, 0.2) is 18.3 Å². The third-order valence-electron chi connectivity index (χ3n) is 5.59. The van der Waals surface area contributed by atoms with Crippen LogP contribution < -0.4 is 10.2 Å². The van der Waals surface area contributed by atoms with Gasteiger partial charge in [-0.15, -0.1) is 0 Å². The predicted molar refractivity (Wildman–Crippen MR) is 88.7 cm³/mol. The fraction of sp³-hybridized carbons (Fsp3) is 0.722. The van der Waals surface area contributed by atoms with Gasteiger partial charge < -0.3 is 10.2 Å². The zero-order valence-corrected chi connectivity index (χ0v) is 13.6. The van der Waals surface area contributed by atoms with E-state index in [-0.39, 0.29) is 0 Å². The molecule has 1 spiro atoms. The van der Waals surface area contributed by atoms with Gasteiger partial charge in [0.2, 0.25) is 0 Å². The molecule has 1 aliphatic heterocycles. The Morgan fingerprint density at radius 3 is 2.48 bits per heavy atom. The molecule has 3 heteroatoms. The Labute approximate surface area is 129 Å². The molecular weight excluding hydrogens is 258 g/mol. The van der Waals surface area contributed by atoms with Crippen LogP contribution in [-0.2, 0) is 0 Å². The van der Waals surface area contributed by atoms with E-state index in [1.54, 1.807) is 0 Å². The maximum atomic E-state index is 4.71. The second kappa shape index (κ2) is 6.35. The summed E-state index contributed by atoms with van der Waals surface area (Å²) in [5, 5.41) is 3.44. The van der Waals surface area contributed by atoms with Crippen LogP contribution in [0.2, 0.25) is 0 Å². The van der Waals surface area contributed by atoms with Gasteiger partial charge in [-0.2, -0.15) is 0 Å². The van der Waals surface area contributed by atoms with E-state index in [1.807, 2.05) is 6.20 Å². The molecule has 1 saturated carbocycles. The molecular formula is C18H29N3. The second-order valence-electron chi connectivity index (χ2n) is 6.92. The Balaban J connectivity index is 1.60. The number of nitrogens with one attached hydrogen (secondary N) is 1. The minimum atomic E-state index is 0.389. The summed E-state index contributed by atoms with van der Waals surface area (Å²) in [6.07, 6.45) is 10.6. The monoisotopic (exact) mass is 287 g/mol. The van der Waals surface area contributed by atoms with Crippen molar-refractivity contribution in [3.63, 3.8) is 0 Å². The molecule has 1 aromatic heterocycles. The molecule has 2 heterocycles. The molecule has 1 aromatic rings. The lowest BCUT2D eigenvalue weighted by Gasteiger charge is -2.40. The Kier molecular flexibility index (Phi) is 4.48. The van der Waals surface area contributed by atoms with Crippen LogP contribution in [0.3, 0.4) is 0 Å². The minimum Gasteiger partial charge on any atom is -0.357 e. The van der Waals surface area contributed by atoms with Gasteiger partial charge in [-0.05, 0) is 56.2 Å². The van der Waals surface area contributed by atoms with Crippen molar-refractivity contribution in [1.82, 2.24) is 10.3 Å². The van der Waals surface area contributed by atoms with Gasteiger partial charge in [-0.3, -0.25) is 0 Å². The average Bonchev–Trinajstić information content (AvgIpc) is 2.97. The number of anilines is 1. The molecule has 21 heavy (non-hydrogen) atoms. The zero-order chi connectivity index (χ0) is 14.7. The number of nitrogens with zero attached hydrogens (tertiary/aromatic N) is 2. The molecule has 3 rings (SSSR count). The number of hydrogen-bond donors (Lipinski definition) is 1. The zero-order valence-electron chi connectivity index (χ0n) is 13.6. The van der Waals surface area contributed by atoms with Gasteiger partial charge in [0.1, 0.15) is 5.82 Å². The number of aromatic nitrogens is 1. The lowest BCUT2D eigenvalue weighted by Crippen LogP contribution is -2.39. The number of rotatable bonds is 4. The van der Waals surface area contributed by atoms with E-state index in [2.05, 4.69) is 36.2 Å². The first kappa shape index (κ1) is 14.8. The van der Waals surface area contributed by atoms with E-state index in [0.29, 0.717) is 11.5 Å². The van der Waals surface area contributed by atoms with Crippen LogP contribution in [0.1, 0.15) is 64.0 Å². The third-order valence-corrected chi connectivity index (χ3v) is 5.59. The van der Waals surface area contributed by atoms with E-state index in [1.165, 1.54) is 57.2 Å². The smallest absolute Gasteiger partial charge is 0.128 e. The van der Waals surface area contributed by atoms with Gasteiger partial charge in [-0.1, -0.05) is 25.8 Å². The fourth-order valence-corrected chi connectivity index (χ4v) is 4.10. The summed E-state index contributed by atoms with van der Waals surface area (Å²) in [5.74, 6) is 1.16. The summed E-state index contributed by atoms with van der Waals surface area (Å²) in [7, 11) is 0. The highest BCUT2D eigenvalue weighted by Crippen LogP contribution is 2.46. The van der Waals surface area contributed by atoms with Crippen LogP contribution >= 0.6 is 0 Å². The lowest BCUT2D eigenvalue weighted by atomic mass is 9.77. The first-order chi connectivity index (χ1) is 10.2. The van der Waals surface area contributed by atoms with Crippen molar-refractivity contribution in [2.75, 3.05) is 24.5 Å². The molecule has 0 bridgehead atoms. The molecule has 2 aliphatic rings. The van der Waals surface area contributed by atoms with Crippen molar-refractivity contribution in [3.05, 3.63) is 23.9 Å². The summed E-state index contributed by atoms with van der Waals surface area (Å²) >= 11 is 0. The first-order valence-corrected chi connectivity index (χ1v) is 8.67. The SMILES string of the molecule is CCNC(C)c1ccc(N2CCC3(CCCC3)CC2)nc1. The van der Waals surface area contributed by atoms with E-state index >= 15 is 0 Å². The van der Waals surface area contributed by atoms with E-state index < -0.39 is 0 Å². The van der Waals surface area contributed by atoms with Gasteiger partial charge in [0.05, 0.1) is 0 Å². The van der Waals surface area contributed by atoms with Gasteiger partial charge in [-0.25, -0.2) is 4.98 Å². The normalized spacial score (nSPS) is 22.7. The molecule has 0 radical (unpaired) electrons. The fourth-order valence-electron chi connectivity index (χ4n) is 4.10. The molecule has 116 valence electrons. The minimum absolute atomic E-state index is 0.389. The summed E-state index contributed by atoms with van der Waals surface area (Å²) in [4.78, 5) is 7.18. The van der Waals surface area contributed by atoms with E-state index in [9.17, 15) is 0 Å². The van der Waals surface area contributed by atoms with Crippen molar-refractivity contribution in [1.29, 1.82) is 0 Å². The Morgan fingerprint density at radius 2 is 1.90 bits per heavy atom. The lowest BCUT2D eigenvalue weighted by molar-refractivity contribution is 0.226. The van der Waals surface area contributed by atoms with Gasteiger partial charge >= 0.3 is 0 Å². The average molecular weight is 287 g/mol. The van der Waals surface area contributed by atoms with Crippen molar-refractivity contribution in [3.8, 4) is 0 Å². The maximum absolute atomic E-state index is 4.71. The molecule has 0 aromatic carbocycles. The van der Waals surface area contributed by atoms with Crippen molar-refractivity contribution < 1.29 is 0 Å². The Morgan fingerprint density at radius 1 is 1.19 bits per heavy atom. The number of hydrogen-bond acceptors (Lipinski definition) is 3.